The summed E-state index contributed by atoms with van der Waals surface area (Å²) < 4.78 is 0. The smallest absolute Gasteiger partial charge is 0.335 e. The molecule has 1 amide bonds. The van der Waals surface area contributed by atoms with Crippen LogP contribution in [-0.4, -0.2) is 17.0 Å². The fraction of sp³-hybridized carbons (Fsp3) is 0.300. The number of carbonyl (C=O) groups excluding carboxylic acids is 1. The number of nitrogens with one attached hydrogen (secondary N) is 1. The SMILES string of the molecule is CCc1ccc(C(C)NC(=O)CCc2ccccc2C(=O)O)cc1. The zero-order chi connectivity index (χ0) is 17.5. The molecule has 0 bridgehead atoms. The molecule has 2 aromatic rings. The summed E-state index contributed by atoms with van der Waals surface area (Å²) in [7, 11) is 0. The van der Waals surface area contributed by atoms with Crippen molar-refractivity contribution in [2.45, 2.75) is 39.2 Å². The Kier molecular flexibility index (Phi) is 6.13. The maximum atomic E-state index is 12.1. The monoisotopic (exact) mass is 325 g/mol. The van der Waals surface area contributed by atoms with Crippen molar-refractivity contribution in [1.82, 2.24) is 5.32 Å². The van der Waals surface area contributed by atoms with Gasteiger partial charge < -0.3 is 10.4 Å². The van der Waals surface area contributed by atoms with Crippen molar-refractivity contribution in [2.24, 2.45) is 0 Å². The van der Waals surface area contributed by atoms with Gasteiger partial charge in [-0.3, -0.25) is 4.79 Å². The average Bonchev–Trinajstić information content (AvgIpc) is 2.60. The van der Waals surface area contributed by atoms with E-state index < -0.39 is 5.97 Å². The minimum Gasteiger partial charge on any atom is -0.478 e. The highest BCUT2D eigenvalue weighted by atomic mass is 16.4. The van der Waals surface area contributed by atoms with E-state index in [9.17, 15) is 9.59 Å². The number of carbonyl (C=O) groups is 2. The van der Waals surface area contributed by atoms with Crippen molar-refractivity contribution in [1.29, 1.82) is 0 Å². The molecule has 0 radical (unpaired) electrons. The molecule has 24 heavy (non-hydrogen) atoms. The fourth-order valence-electron chi connectivity index (χ4n) is 2.63. The molecule has 0 fully saturated rings. The first-order valence-corrected chi connectivity index (χ1v) is 8.20. The van der Waals surface area contributed by atoms with Gasteiger partial charge in [-0.1, -0.05) is 49.4 Å². The van der Waals surface area contributed by atoms with E-state index >= 15 is 0 Å². The molecule has 2 rings (SSSR count). The van der Waals surface area contributed by atoms with E-state index in [-0.39, 0.29) is 23.9 Å². The van der Waals surface area contributed by atoms with Crippen LogP contribution in [0.2, 0.25) is 0 Å². The van der Waals surface area contributed by atoms with Gasteiger partial charge in [0.05, 0.1) is 11.6 Å². The number of aromatic carboxylic acids is 1. The highest BCUT2D eigenvalue weighted by molar-refractivity contribution is 5.89. The molecule has 0 aliphatic rings. The largest absolute Gasteiger partial charge is 0.478 e. The third-order valence-corrected chi connectivity index (χ3v) is 4.13. The molecule has 1 unspecified atom stereocenters. The Morgan fingerprint density at radius 2 is 1.75 bits per heavy atom. The Morgan fingerprint density at radius 3 is 2.38 bits per heavy atom. The Morgan fingerprint density at radius 1 is 1.08 bits per heavy atom. The molecule has 126 valence electrons. The summed E-state index contributed by atoms with van der Waals surface area (Å²) in [5.74, 6) is -1.04. The molecule has 0 heterocycles. The van der Waals surface area contributed by atoms with Gasteiger partial charge >= 0.3 is 5.97 Å². The normalized spacial score (nSPS) is 11.8. The molecule has 0 aromatic heterocycles. The first-order valence-electron chi connectivity index (χ1n) is 8.20. The van der Waals surface area contributed by atoms with Crippen LogP contribution in [-0.2, 0) is 17.6 Å². The van der Waals surface area contributed by atoms with E-state index in [2.05, 4.69) is 24.4 Å². The molecule has 0 spiro atoms. The lowest BCUT2D eigenvalue weighted by atomic mass is 10.0. The lowest BCUT2D eigenvalue weighted by molar-refractivity contribution is -0.121. The number of benzene rings is 2. The van der Waals surface area contributed by atoms with E-state index in [1.54, 1.807) is 24.3 Å². The maximum Gasteiger partial charge on any atom is 0.335 e. The quantitative estimate of drug-likeness (QED) is 0.814. The third kappa shape index (κ3) is 4.69. The van der Waals surface area contributed by atoms with Crippen molar-refractivity contribution < 1.29 is 14.7 Å². The van der Waals surface area contributed by atoms with Gasteiger partial charge in [0.25, 0.3) is 0 Å². The van der Waals surface area contributed by atoms with Crippen LogP contribution >= 0.6 is 0 Å². The van der Waals surface area contributed by atoms with Crippen LogP contribution in [0, 0.1) is 0 Å². The second kappa shape index (κ2) is 8.29. The second-order valence-electron chi connectivity index (χ2n) is 5.85. The van der Waals surface area contributed by atoms with Crippen LogP contribution in [0.1, 0.15) is 53.4 Å². The summed E-state index contributed by atoms with van der Waals surface area (Å²) in [6, 6.07) is 14.9. The van der Waals surface area contributed by atoms with E-state index in [1.165, 1.54) is 5.56 Å². The van der Waals surface area contributed by atoms with Gasteiger partial charge in [-0.2, -0.15) is 0 Å². The number of carboxylic acid groups (broad SMARTS) is 1. The summed E-state index contributed by atoms with van der Waals surface area (Å²) in [4.78, 5) is 23.3. The zero-order valence-corrected chi connectivity index (χ0v) is 14.1. The molecule has 4 nitrogen and oxygen atoms in total. The van der Waals surface area contributed by atoms with Crippen molar-refractivity contribution in [3.63, 3.8) is 0 Å². The molecule has 0 aliphatic carbocycles. The average molecular weight is 325 g/mol. The fourth-order valence-corrected chi connectivity index (χ4v) is 2.63. The van der Waals surface area contributed by atoms with Gasteiger partial charge in [-0.15, -0.1) is 0 Å². The standard InChI is InChI=1S/C20H23NO3/c1-3-15-8-10-16(11-9-15)14(2)21-19(22)13-12-17-6-4-5-7-18(17)20(23)24/h4-11,14H,3,12-13H2,1-2H3,(H,21,22)(H,23,24). The van der Waals surface area contributed by atoms with Crippen molar-refractivity contribution in [2.75, 3.05) is 0 Å². The predicted octanol–water partition coefficient (Wildman–Crippen LogP) is 3.76. The maximum absolute atomic E-state index is 12.1. The van der Waals surface area contributed by atoms with Gasteiger partial charge in [0.1, 0.15) is 0 Å². The molecule has 0 saturated heterocycles. The van der Waals surface area contributed by atoms with Crippen LogP contribution < -0.4 is 5.32 Å². The minimum atomic E-state index is -0.963. The number of rotatable bonds is 7. The van der Waals surface area contributed by atoms with Crippen LogP contribution in [0.3, 0.4) is 0 Å². The Labute approximate surface area is 142 Å². The summed E-state index contributed by atoms with van der Waals surface area (Å²) in [5, 5.41) is 12.1. The van der Waals surface area contributed by atoms with Crippen LogP contribution in [0.4, 0.5) is 0 Å². The minimum absolute atomic E-state index is 0.0712. The highest BCUT2D eigenvalue weighted by Gasteiger charge is 2.13. The van der Waals surface area contributed by atoms with Crippen molar-refractivity contribution in [3.05, 3.63) is 70.8 Å². The first kappa shape index (κ1) is 17.7. The molecule has 2 aromatic carbocycles. The summed E-state index contributed by atoms with van der Waals surface area (Å²) >= 11 is 0. The van der Waals surface area contributed by atoms with E-state index in [1.807, 2.05) is 19.1 Å². The number of aryl methyl sites for hydroxylation is 2. The third-order valence-electron chi connectivity index (χ3n) is 4.13. The molecule has 1 atom stereocenters. The van der Waals surface area contributed by atoms with Crippen LogP contribution in [0.5, 0.6) is 0 Å². The number of hydrogen-bond acceptors (Lipinski definition) is 2. The van der Waals surface area contributed by atoms with Crippen molar-refractivity contribution >= 4 is 11.9 Å². The van der Waals surface area contributed by atoms with Gasteiger partial charge in [0, 0.05) is 6.42 Å². The molecule has 2 N–H and O–H groups in total. The Bertz CT molecular complexity index is 707. The highest BCUT2D eigenvalue weighted by Crippen LogP contribution is 2.15. The van der Waals surface area contributed by atoms with E-state index in [0.29, 0.717) is 12.0 Å². The van der Waals surface area contributed by atoms with Gasteiger partial charge in [-0.25, -0.2) is 4.79 Å². The van der Waals surface area contributed by atoms with Gasteiger partial charge in [0.2, 0.25) is 5.91 Å². The second-order valence-corrected chi connectivity index (χ2v) is 5.85. The summed E-state index contributed by atoms with van der Waals surface area (Å²) in [6.45, 7) is 4.05. The Balaban J connectivity index is 1.92. The van der Waals surface area contributed by atoms with Crippen LogP contribution in [0.25, 0.3) is 0 Å². The predicted molar refractivity (Wildman–Crippen MR) is 94.1 cm³/mol. The summed E-state index contributed by atoms with van der Waals surface area (Å²) in [6.07, 6.45) is 1.67. The molecule has 0 saturated carbocycles. The number of hydrogen-bond donors (Lipinski definition) is 2. The molecular formula is C20H23NO3. The van der Waals surface area contributed by atoms with Gasteiger partial charge in [0.15, 0.2) is 0 Å². The van der Waals surface area contributed by atoms with Crippen molar-refractivity contribution in [3.8, 4) is 0 Å². The lowest BCUT2D eigenvalue weighted by Crippen LogP contribution is -2.27. The first-order chi connectivity index (χ1) is 11.5. The topological polar surface area (TPSA) is 66.4 Å². The van der Waals surface area contributed by atoms with E-state index in [0.717, 1.165) is 12.0 Å². The van der Waals surface area contributed by atoms with Crippen LogP contribution in [0.15, 0.2) is 48.5 Å². The zero-order valence-electron chi connectivity index (χ0n) is 14.1. The summed E-state index contributed by atoms with van der Waals surface area (Å²) in [5.41, 5.74) is 3.27. The lowest BCUT2D eigenvalue weighted by Gasteiger charge is -2.15. The molecule has 0 aliphatic heterocycles. The number of amides is 1. The van der Waals surface area contributed by atoms with E-state index in [4.69, 9.17) is 5.11 Å². The Hall–Kier alpha value is -2.62. The molecule has 4 heteroatoms. The number of carboxylic acids is 1. The van der Waals surface area contributed by atoms with Gasteiger partial charge in [-0.05, 0) is 42.5 Å². The molecular weight excluding hydrogens is 302 g/mol.